The molecule has 0 aliphatic heterocycles. The van der Waals surface area contributed by atoms with Crippen LogP contribution in [0.3, 0.4) is 0 Å². The molecule has 1 unspecified atom stereocenters. The third-order valence-electron chi connectivity index (χ3n) is 3.00. The topological polar surface area (TPSA) is 37.8 Å². The molecule has 100 valence electrons. The van der Waals surface area contributed by atoms with Crippen LogP contribution in [0.1, 0.15) is 28.6 Å². The van der Waals surface area contributed by atoms with Crippen LogP contribution < -0.4 is 5.32 Å². The summed E-state index contributed by atoms with van der Waals surface area (Å²) < 4.78 is 27.6. The Balaban J connectivity index is 2.48. The maximum atomic E-state index is 14.0. The van der Waals surface area contributed by atoms with Gasteiger partial charge in [0.15, 0.2) is 11.6 Å². The molecule has 2 aromatic rings. The van der Waals surface area contributed by atoms with Gasteiger partial charge in [0.2, 0.25) is 0 Å². The van der Waals surface area contributed by atoms with Crippen LogP contribution in [0.5, 0.6) is 0 Å². The molecule has 0 saturated heterocycles. The summed E-state index contributed by atoms with van der Waals surface area (Å²) in [4.78, 5) is 8.33. The van der Waals surface area contributed by atoms with Crippen molar-refractivity contribution in [2.45, 2.75) is 19.9 Å². The lowest BCUT2D eigenvalue weighted by atomic mass is 10.0. The van der Waals surface area contributed by atoms with Gasteiger partial charge >= 0.3 is 0 Å². The number of hydrogen-bond acceptors (Lipinski definition) is 3. The van der Waals surface area contributed by atoms with Crippen LogP contribution >= 0.6 is 0 Å². The summed E-state index contributed by atoms with van der Waals surface area (Å²) in [5.41, 5.74) is 1.83. The number of hydrogen-bond donors (Lipinski definition) is 1. The van der Waals surface area contributed by atoms with E-state index in [0.29, 0.717) is 5.69 Å². The van der Waals surface area contributed by atoms with Crippen molar-refractivity contribution in [3.05, 3.63) is 58.7 Å². The normalized spacial score (nSPS) is 12.5. The predicted octanol–water partition coefficient (Wildman–Crippen LogP) is 2.68. The first kappa shape index (κ1) is 13.5. The standard InChI is InChI=1S/C14H15F2N3/c1-8-4-5-10(13(16)12(8)15)14(17-3)11-7-18-9(2)6-19-11/h4-7,14,17H,1-3H3. The monoisotopic (exact) mass is 263 g/mol. The number of rotatable bonds is 3. The first-order valence-corrected chi connectivity index (χ1v) is 5.95. The zero-order valence-corrected chi connectivity index (χ0v) is 11.0. The van der Waals surface area contributed by atoms with Crippen molar-refractivity contribution in [1.29, 1.82) is 0 Å². The summed E-state index contributed by atoms with van der Waals surface area (Å²) in [5.74, 6) is -1.67. The van der Waals surface area contributed by atoms with E-state index in [0.717, 1.165) is 5.69 Å². The molecule has 0 radical (unpaired) electrons. The van der Waals surface area contributed by atoms with E-state index in [2.05, 4.69) is 15.3 Å². The van der Waals surface area contributed by atoms with Gasteiger partial charge in [-0.25, -0.2) is 8.78 Å². The van der Waals surface area contributed by atoms with E-state index in [4.69, 9.17) is 0 Å². The maximum Gasteiger partial charge on any atom is 0.164 e. The summed E-state index contributed by atoms with van der Waals surface area (Å²) >= 11 is 0. The summed E-state index contributed by atoms with van der Waals surface area (Å²) in [6.07, 6.45) is 3.16. The molecule has 19 heavy (non-hydrogen) atoms. The Hall–Kier alpha value is -1.88. The second-order valence-corrected chi connectivity index (χ2v) is 4.40. The van der Waals surface area contributed by atoms with Crippen molar-refractivity contribution in [1.82, 2.24) is 15.3 Å². The third-order valence-corrected chi connectivity index (χ3v) is 3.00. The Morgan fingerprint density at radius 2 is 1.79 bits per heavy atom. The minimum Gasteiger partial charge on any atom is -0.308 e. The molecule has 1 N–H and O–H groups in total. The molecule has 1 heterocycles. The highest BCUT2D eigenvalue weighted by atomic mass is 19.2. The number of benzene rings is 1. The fourth-order valence-corrected chi connectivity index (χ4v) is 1.90. The lowest BCUT2D eigenvalue weighted by Gasteiger charge is -2.17. The van der Waals surface area contributed by atoms with Gasteiger partial charge < -0.3 is 5.32 Å². The fraction of sp³-hybridized carbons (Fsp3) is 0.286. The highest BCUT2D eigenvalue weighted by Gasteiger charge is 2.21. The minimum absolute atomic E-state index is 0.226. The molecular weight excluding hydrogens is 248 g/mol. The van der Waals surface area contributed by atoms with Gasteiger partial charge in [-0.2, -0.15) is 0 Å². The van der Waals surface area contributed by atoms with E-state index < -0.39 is 17.7 Å². The van der Waals surface area contributed by atoms with Crippen LogP contribution in [-0.2, 0) is 0 Å². The van der Waals surface area contributed by atoms with Gasteiger partial charge in [-0.05, 0) is 26.5 Å². The lowest BCUT2D eigenvalue weighted by Crippen LogP contribution is -2.21. The number of aromatic nitrogens is 2. The van der Waals surface area contributed by atoms with Crippen molar-refractivity contribution >= 4 is 0 Å². The SMILES string of the molecule is CNC(c1cnc(C)cn1)c1ccc(C)c(F)c1F. The summed E-state index contributed by atoms with van der Waals surface area (Å²) in [6.45, 7) is 3.35. The number of aryl methyl sites for hydroxylation is 2. The van der Waals surface area contributed by atoms with Crippen LogP contribution in [0.2, 0.25) is 0 Å². The Kier molecular flexibility index (Phi) is 3.85. The van der Waals surface area contributed by atoms with Gasteiger partial charge in [0.05, 0.1) is 23.6 Å². The van der Waals surface area contributed by atoms with Crippen molar-refractivity contribution in [2.24, 2.45) is 0 Å². The second-order valence-electron chi connectivity index (χ2n) is 4.40. The Morgan fingerprint density at radius 1 is 1.05 bits per heavy atom. The maximum absolute atomic E-state index is 14.0. The van der Waals surface area contributed by atoms with Gasteiger partial charge in [-0.1, -0.05) is 12.1 Å². The average Bonchev–Trinajstić information content (AvgIpc) is 2.41. The molecule has 0 fully saturated rings. The molecule has 1 atom stereocenters. The average molecular weight is 263 g/mol. The van der Waals surface area contributed by atoms with E-state index in [1.54, 1.807) is 31.6 Å². The molecule has 3 nitrogen and oxygen atoms in total. The van der Waals surface area contributed by atoms with Gasteiger partial charge in [0.1, 0.15) is 0 Å². The molecule has 2 rings (SSSR count). The Bertz CT molecular complexity index is 582. The van der Waals surface area contributed by atoms with Crippen LogP contribution in [-0.4, -0.2) is 17.0 Å². The van der Waals surface area contributed by atoms with E-state index in [1.807, 2.05) is 6.92 Å². The van der Waals surface area contributed by atoms with Gasteiger partial charge in [-0.3, -0.25) is 9.97 Å². The van der Waals surface area contributed by atoms with Gasteiger partial charge in [0, 0.05) is 11.8 Å². The second kappa shape index (κ2) is 5.40. The minimum atomic E-state index is -0.846. The number of halogens is 2. The van der Waals surface area contributed by atoms with Gasteiger partial charge in [-0.15, -0.1) is 0 Å². The highest BCUT2D eigenvalue weighted by Crippen LogP contribution is 2.25. The molecule has 0 saturated carbocycles. The van der Waals surface area contributed by atoms with E-state index >= 15 is 0 Å². The largest absolute Gasteiger partial charge is 0.308 e. The smallest absolute Gasteiger partial charge is 0.164 e. The molecule has 0 spiro atoms. The lowest BCUT2D eigenvalue weighted by molar-refractivity contribution is 0.481. The van der Waals surface area contributed by atoms with Crippen LogP contribution in [0.15, 0.2) is 24.5 Å². The fourth-order valence-electron chi connectivity index (χ4n) is 1.90. The van der Waals surface area contributed by atoms with Crippen molar-refractivity contribution in [2.75, 3.05) is 7.05 Å². The first-order chi connectivity index (χ1) is 9.04. The third kappa shape index (κ3) is 2.61. The zero-order chi connectivity index (χ0) is 14.0. The molecule has 0 aliphatic carbocycles. The quantitative estimate of drug-likeness (QED) is 0.925. The van der Waals surface area contributed by atoms with Crippen molar-refractivity contribution in [3.63, 3.8) is 0 Å². The first-order valence-electron chi connectivity index (χ1n) is 5.95. The van der Waals surface area contributed by atoms with Crippen LogP contribution in [0, 0.1) is 25.5 Å². The molecule has 1 aromatic carbocycles. The molecule has 0 bridgehead atoms. The van der Waals surface area contributed by atoms with Crippen LogP contribution in [0.4, 0.5) is 8.78 Å². The van der Waals surface area contributed by atoms with E-state index in [1.165, 1.54) is 6.92 Å². The van der Waals surface area contributed by atoms with Crippen molar-refractivity contribution < 1.29 is 8.78 Å². The molecule has 0 aliphatic rings. The molecule has 0 amide bonds. The molecule has 5 heteroatoms. The summed E-state index contributed by atoms with van der Waals surface area (Å²) in [5, 5.41) is 2.93. The Labute approximate surface area is 110 Å². The van der Waals surface area contributed by atoms with Crippen molar-refractivity contribution in [3.8, 4) is 0 Å². The summed E-state index contributed by atoms with van der Waals surface area (Å²) in [6, 6.07) is 2.60. The van der Waals surface area contributed by atoms with E-state index in [9.17, 15) is 8.78 Å². The Morgan fingerprint density at radius 3 is 2.37 bits per heavy atom. The predicted molar refractivity (Wildman–Crippen MR) is 68.8 cm³/mol. The summed E-state index contributed by atoms with van der Waals surface area (Å²) in [7, 11) is 1.67. The molecular formula is C14H15F2N3. The highest BCUT2D eigenvalue weighted by molar-refractivity contribution is 5.32. The molecule has 1 aromatic heterocycles. The number of nitrogens with zero attached hydrogens (tertiary/aromatic N) is 2. The van der Waals surface area contributed by atoms with Crippen LogP contribution in [0.25, 0.3) is 0 Å². The van der Waals surface area contributed by atoms with Gasteiger partial charge in [0.25, 0.3) is 0 Å². The number of nitrogens with one attached hydrogen (secondary N) is 1. The zero-order valence-electron chi connectivity index (χ0n) is 11.0. The van der Waals surface area contributed by atoms with E-state index in [-0.39, 0.29) is 11.1 Å².